The predicted molar refractivity (Wildman–Crippen MR) is 91.2 cm³/mol. The van der Waals surface area contributed by atoms with Crippen LogP contribution < -0.4 is 11.1 Å². The van der Waals surface area contributed by atoms with Gasteiger partial charge in [0, 0.05) is 32.3 Å². The highest BCUT2D eigenvalue weighted by molar-refractivity contribution is 5.89. The van der Waals surface area contributed by atoms with E-state index in [0.29, 0.717) is 19.7 Å². The zero-order valence-corrected chi connectivity index (χ0v) is 14.1. The molecule has 24 heavy (non-hydrogen) atoms. The summed E-state index contributed by atoms with van der Waals surface area (Å²) in [7, 11) is 1.61. The number of anilines is 1. The molecular weight excluding hydrogens is 306 g/mol. The van der Waals surface area contributed by atoms with Gasteiger partial charge >= 0.3 is 0 Å². The summed E-state index contributed by atoms with van der Waals surface area (Å²) in [5.74, 6) is -0.268. The molecule has 6 nitrogen and oxygen atoms in total. The molecule has 1 aromatic rings. The Morgan fingerprint density at radius 1 is 1.46 bits per heavy atom. The van der Waals surface area contributed by atoms with Crippen LogP contribution in [0.25, 0.3) is 0 Å². The molecule has 2 atom stereocenters. The van der Waals surface area contributed by atoms with E-state index < -0.39 is 0 Å². The molecular formula is C18H25N3O3. The minimum atomic E-state index is -0.270. The maximum atomic E-state index is 12.6. The van der Waals surface area contributed by atoms with E-state index >= 15 is 0 Å². The summed E-state index contributed by atoms with van der Waals surface area (Å²) in [5.41, 5.74) is 8.99. The number of methoxy groups -OCH3 is 1. The molecule has 2 amide bonds. The number of amides is 2. The number of nitrogens with two attached hydrogens (primary N) is 1. The van der Waals surface area contributed by atoms with Crippen molar-refractivity contribution >= 4 is 17.5 Å². The van der Waals surface area contributed by atoms with Crippen LogP contribution in [0.1, 0.15) is 36.4 Å². The zero-order valence-electron chi connectivity index (χ0n) is 14.1. The van der Waals surface area contributed by atoms with Crippen LogP contribution in [0, 0.1) is 5.92 Å². The van der Waals surface area contributed by atoms with Crippen LogP contribution in [0.15, 0.2) is 18.2 Å². The Bertz CT molecular complexity index is 632. The monoisotopic (exact) mass is 331 g/mol. The third-order valence-corrected chi connectivity index (χ3v) is 4.95. The van der Waals surface area contributed by atoms with Gasteiger partial charge < -0.3 is 20.7 Å². The molecule has 1 aliphatic carbocycles. The van der Waals surface area contributed by atoms with E-state index in [0.717, 1.165) is 30.5 Å². The lowest BCUT2D eigenvalue weighted by molar-refractivity contribution is -0.129. The molecule has 3 rings (SSSR count). The fourth-order valence-corrected chi connectivity index (χ4v) is 3.64. The molecule has 1 aliphatic heterocycles. The molecule has 0 radical (unpaired) electrons. The molecule has 0 spiro atoms. The second kappa shape index (κ2) is 7.21. The number of ether oxygens (including phenoxy) is 1. The van der Waals surface area contributed by atoms with Crippen molar-refractivity contribution in [1.82, 2.24) is 10.2 Å². The average molecular weight is 331 g/mol. The number of nitrogen functional groups attached to an aromatic ring is 1. The molecule has 1 aromatic carbocycles. The summed E-state index contributed by atoms with van der Waals surface area (Å²) in [6.45, 7) is 1.53. The van der Waals surface area contributed by atoms with Crippen molar-refractivity contribution in [3.05, 3.63) is 29.3 Å². The highest BCUT2D eigenvalue weighted by atomic mass is 16.5. The molecule has 0 aromatic heterocycles. The van der Waals surface area contributed by atoms with Gasteiger partial charge in [-0.2, -0.15) is 0 Å². The second-order valence-electron chi connectivity index (χ2n) is 6.65. The number of nitrogens with one attached hydrogen (secondary N) is 1. The minimum Gasteiger partial charge on any atom is -0.399 e. The molecule has 1 fully saturated rings. The largest absolute Gasteiger partial charge is 0.399 e. The van der Waals surface area contributed by atoms with E-state index in [1.807, 2.05) is 18.2 Å². The smallest absolute Gasteiger partial charge is 0.225 e. The number of carbonyl (C=O) groups is 2. The standard InChI is InChI=1S/C18H25N3O3/c1-24-8-7-21-11-13(10-17(21)22)18(23)20-16-4-2-3-12-9-14(19)5-6-15(12)16/h5-6,9,13,16H,2-4,7-8,10-11,19H2,1H3,(H,20,23). The first-order chi connectivity index (χ1) is 11.6. The van der Waals surface area contributed by atoms with Crippen molar-refractivity contribution < 1.29 is 14.3 Å². The van der Waals surface area contributed by atoms with Gasteiger partial charge in [0.1, 0.15) is 0 Å². The fourth-order valence-electron chi connectivity index (χ4n) is 3.64. The summed E-state index contributed by atoms with van der Waals surface area (Å²) in [6, 6.07) is 5.91. The lowest BCUT2D eigenvalue weighted by Gasteiger charge is -2.27. The fraction of sp³-hybridized carbons (Fsp3) is 0.556. The minimum absolute atomic E-state index is 0.0185. The molecule has 1 heterocycles. The quantitative estimate of drug-likeness (QED) is 0.796. The number of likely N-dealkylation sites (tertiary alicyclic amines) is 1. The van der Waals surface area contributed by atoms with Gasteiger partial charge in [0.15, 0.2) is 0 Å². The summed E-state index contributed by atoms with van der Waals surface area (Å²) >= 11 is 0. The molecule has 6 heteroatoms. The lowest BCUT2D eigenvalue weighted by atomic mass is 9.87. The molecule has 0 bridgehead atoms. The van der Waals surface area contributed by atoms with Gasteiger partial charge in [0.25, 0.3) is 0 Å². The number of rotatable bonds is 5. The SMILES string of the molecule is COCCN1CC(C(=O)NC2CCCc3cc(N)ccc32)CC1=O. The van der Waals surface area contributed by atoms with E-state index in [1.54, 1.807) is 12.0 Å². The first-order valence-corrected chi connectivity index (χ1v) is 8.54. The number of benzene rings is 1. The third-order valence-electron chi connectivity index (χ3n) is 4.95. The Morgan fingerprint density at radius 3 is 3.08 bits per heavy atom. The molecule has 2 unspecified atom stereocenters. The van der Waals surface area contributed by atoms with Gasteiger partial charge in [-0.25, -0.2) is 0 Å². The van der Waals surface area contributed by atoms with Crippen molar-refractivity contribution in [2.45, 2.75) is 31.7 Å². The lowest BCUT2D eigenvalue weighted by Crippen LogP contribution is -2.37. The normalized spacial score (nSPS) is 23.2. The molecule has 0 saturated carbocycles. The Hall–Kier alpha value is -2.08. The Balaban J connectivity index is 1.63. The first-order valence-electron chi connectivity index (χ1n) is 8.54. The maximum absolute atomic E-state index is 12.6. The summed E-state index contributed by atoms with van der Waals surface area (Å²) in [6.07, 6.45) is 3.25. The molecule has 2 aliphatic rings. The van der Waals surface area contributed by atoms with Gasteiger partial charge in [-0.1, -0.05) is 6.07 Å². The molecule has 130 valence electrons. The Kier molecular flexibility index (Phi) is 5.04. The topological polar surface area (TPSA) is 84.7 Å². The summed E-state index contributed by atoms with van der Waals surface area (Å²) in [5, 5.41) is 3.14. The average Bonchev–Trinajstić information content (AvgIpc) is 2.94. The molecule has 3 N–H and O–H groups in total. The van der Waals surface area contributed by atoms with Gasteiger partial charge in [-0.15, -0.1) is 0 Å². The van der Waals surface area contributed by atoms with Crippen LogP contribution in [-0.4, -0.2) is 43.5 Å². The second-order valence-corrected chi connectivity index (χ2v) is 6.65. The van der Waals surface area contributed by atoms with Crippen molar-refractivity contribution in [3.8, 4) is 0 Å². The van der Waals surface area contributed by atoms with E-state index in [9.17, 15) is 9.59 Å². The number of hydrogen-bond acceptors (Lipinski definition) is 4. The number of nitrogens with zero attached hydrogens (tertiary/aromatic N) is 1. The van der Waals surface area contributed by atoms with Gasteiger partial charge in [0.2, 0.25) is 11.8 Å². The predicted octanol–water partition coefficient (Wildman–Crippen LogP) is 1.26. The van der Waals surface area contributed by atoms with Crippen LogP contribution in [0.3, 0.4) is 0 Å². The van der Waals surface area contributed by atoms with Gasteiger partial charge in [-0.3, -0.25) is 9.59 Å². The number of carbonyl (C=O) groups excluding carboxylic acids is 2. The van der Waals surface area contributed by atoms with Gasteiger partial charge in [0.05, 0.1) is 18.6 Å². The Labute approximate surface area is 142 Å². The zero-order chi connectivity index (χ0) is 17.1. The van der Waals surface area contributed by atoms with Crippen molar-refractivity contribution in [1.29, 1.82) is 0 Å². The van der Waals surface area contributed by atoms with E-state index in [1.165, 1.54) is 5.56 Å². The number of fused-ring (bicyclic) bond motifs is 1. The van der Waals surface area contributed by atoms with Crippen LogP contribution in [-0.2, 0) is 20.7 Å². The van der Waals surface area contributed by atoms with Crippen LogP contribution >= 0.6 is 0 Å². The maximum Gasteiger partial charge on any atom is 0.225 e. The van der Waals surface area contributed by atoms with Crippen LogP contribution in [0.4, 0.5) is 5.69 Å². The van der Waals surface area contributed by atoms with Gasteiger partial charge in [-0.05, 0) is 42.5 Å². The highest BCUT2D eigenvalue weighted by Gasteiger charge is 2.35. The van der Waals surface area contributed by atoms with E-state index in [2.05, 4.69) is 5.32 Å². The van der Waals surface area contributed by atoms with Crippen molar-refractivity contribution in [2.75, 3.05) is 32.5 Å². The van der Waals surface area contributed by atoms with Crippen LogP contribution in [0.2, 0.25) is 0 Å². The number of hydrogen-bond donors (Lipinski definition) is 2. The third kappa shape index (κ3) is 3.53. The molecule has 1 saturated heterocycles. The summed E-state index contributed by atoms with van der Waals surface area (Å²) < 4.78 is 5.01. The number of aryl methyl sites for hydroxylation is 1. The Morgan fingerprint density at radius 2 is 2.29 bits per heavy atom. The van der Waals surface area contributed by atoms with E-state index in [4.69, 9.17) is 10.5 Å². The summed E-state index contributed by atoms with van der Waals surface area (Å²) in [4.78, 5) is 26.3. The van der Waals surface area contributed by atoms with Crippen LogP contribution in [0.5, 0.6) is 0 Å². The van der Waals surface area contributed by atoms with Crippen molar-refractivity contribution in [2.24, 2.45) is 5.92 Å². The highest BCUT2D eigenvalue weighted by Crippen LogP contribution is 2.31. The first kappa shape index (κ1) is 16.8. The van der Waals surface area contributed by atoms with E-state index in [-0.39, 0.29) is 30.2 Å². The van der Waals surface area contributed by atoms with Crippen molar-refractivity contribution in [3.63, 3.8) is 0 Å².